The first-order chi connectivity index (χ1) is 16.8. The molecule has 7 heteroatoms. The van der Waals surface area contributed by atoms with Crippen molar-refractivity contribution in [2.75, 3.05) is 5.75 Å². The lowest BCUT2D eigenvalue weighted by Gasteiger charge is -2.32. The van der Waals surface area contributed by atoms with Crippen molar-refractivity contribution in [3.63, 3.8) is 0 Å². The molecule has 0 saturated heterocycles. The predicted octanol–water partition coefficient (Wildman–Crippen LogP) is 6.50. The molecule has 0 fully saturated rings. The first kappa shape index (κ1) is 27.3. The van der Waals surface area contributed by atoms with Crippen LogP contribution in [0.3, 0.4) is 0 Å². The summed E-state index contributed by atoms with van der Waals surface area (Å²) in [5.74, 6) is 0.783. The number of carbonyl (C=O) groups is 2. The van der Waals surface area contributed by atoms with Crippen molar-refractivity contribution >= 4 is 51.1 Å². The van der Waals surface area contributed by atoms with E-state index in [2.05, 4.69) is 21.2 Å². The number of hydrogen-bond donors (Lipinski definition) is 1. The van der Waals surface area contributed by atoms with E-state index in [1.165, 1.54) is 0 Å². The standard InChI is InChI=1S/C28H30BrClN2O2S/c1-20(2)31-28(34)26(16-21-6-4-3-5-7-21)32(17-22-10-14-25(30)15-11-22)27(33)19-35-18-23-8-12-24(29)13-9-23/h3-15,20,26H,16-19H2,1-2H3,(H,31,34)/t26-/m1/s1. The van der Waals surface area contributed by atoms with E-state index in [9.17, 15) is 9.59 Å². The van der Waals surface area contributed by atoms with E-state index >= 15 is 0 Å². The third kappa shape index (κ3) is 9.02. The molecule has 0 spiro atoms. The summed E-state index contributed by atoms with van der Waals surface area (Å²) in [6.07, 6.45) is 0.441. The molecule has 0 aromatic heterocycles. The lowest BCUT2D eigenvalue weighted by atomic mass is 10.0. The zero-order valence-corrected chi connectivity index (χ0v) is 23.1. The molecule has 1 atom stereocenters. The van der Waals surface area contributed by atoms with E-state index < -0.39 is 6.04 Å². The van der Waals surface area contributed by atoms with Gasteiger partial charge in [-0.05, 0) is 54.8 Å². The number of hydrogen-bond acceptors (Lipinski definition) is 3. The smallest absolute Gasteiger partial charge is 0.243 e. The molecule has 3 aromatic rings. The molecule has 0 bridgehead atoms. The van der Waals surface area contributed by atoms with Crippen LogP contribution >= 0.6 is 39.3 Å². The van der Waals surface area contributed by atoms with Gasteiger partial charge >= 0.3 is 0 Å². The normalized spacial score (nSPS) is 11.8. The van der Waals surface area contributed by atoms with Crippen LogP contribution in [0.5, 0.6) is 0 Å². The second-order valence-electron chi connectivity index (χ2n) is 8.64. The summed E-state index contributed by atoms with van der Waals surface area (Å²) in [5, 5.41) is 3.65. The van der Waals surface area contributed by atoms with E-state index in [4.69, 9.17) is 11.6 Å². The van der Waals surface area contributed by atoms with Crippen molar-refractivity contribution in [3.8, 4) is 0 Å². The molecule has 0 heterocycles. The lowest BCUT2D eigenvalue weighted by Crippen LogP contribution is -2.52. The Bertz CT molecular complexity index is 1090. The predicted molar refractivity (Wildman–Crippen MR) is 150 cm³/mol. The fourth-order valence-electron chi connectivity index (χ4n) is 3.64. The maximum Gasteiger partial charge on any atom is 0.243 e. The second-order valence-corrected chi connectivity index (χ2v) is 11.0. The highest BCUT2D eigenvalue weighted by Gasteiger charge is 2.30. The fraction of sp³-hybridized carbons (Fsp3) is 0.286. The summed E-state index contributed by atoms with van der Waals surface area (Å²) in [5.41, 5.74) is 3.08. The van der Waals surface area contributed by atoms with Crippen LogP contribution in [0.2, 0.25) is 5.02 Å². The van der Waals surface area contributed by atoms with Crippen LogP contribution in [0.1, 0.15) is 30.5 Å². The number of nitrogens with zero attached hydrogens (tertiary/aromatic N) is 1. The van der Waals surface area contributed by atoms with Crippen LogP contribution in [0.25, 0.3) is 0 Å². The third-order valence-electron chi connectivity index (χ3n) is 5.38. The highest BCUT2D eigenvalue weighted by Crippen LogP contribution is 2.20. The zero-order valence-electron chi connectivity index (χ0n) is 19.9. The fourth-order valence-corrected chi connectivity index (χ4v) is 4.90. The maximum atomic E-state index is 13.6. The van der Waals surface area contributed by atoms with Crippen LogP contribution < -0.4 is 5.32 Å². The maximum absolute atomic E-state index is 13.6. The Balaban J connectivity index is 1.83. The van der Waals surface area contributed by atoms with Gasteiger partial charge in [0.05, 0.1) is 5.75 Å². The van der Waals surface area contributed by atoms with Gasteiger partial charge in [0.15, 0.2) is 0 Å². The van der Waals surface area contributed by atoms with Crippen LogP contribution in [-0.2, 0) is 28.3 Å². The topological polar surface area (TPSA) is 49.4 Å². The Morgan fingerprint density at radius 1 is 0.914 bits per heavy atom. The minimum atomic E-state index is -0.628. The number of halogens is 2. The van der Waals surface area contributed by atoms with Crippen molar-refractivity contribution in [2.45, 2.75) is 44.6 Å². The van der Waals surface area contributed by atoms with Gasteiger partial charge in [0.25, 0.3) is 0 Å². The molecule has 3 rings (SSSR count). The number of thioether (sulfide) groups is 1. The molecule has 0 aliphatic carbocycles. The van der Waals surface area contributed by atoms with Crippen molar-refractivity contribution in [1.82, 2.24) is 10.2 Å². The highest BCUT2D eigenvalue weighted by molar-refractivity contribution is 9.10. The van der Waals surface area contributed by atoms with Gasteiger partial charge < -0.3 is 10.2 Å². The summed E-state index contributed by atoms with van der Waals surface area (Å²) >= 11 is 11.1. The van der Waals surface area contributed by atoms with E-state index in [0.717, 1.165) is 26.9 Å². The number of rotatable bonds is 11. The van der Waals surface area contributed by atoms with Gasteiger partial charge in [-0.1, -0.05) is 82.1 Å². The van der Waals surface area contributed by atoms with Crippen molar-refractivity contribution < 1.29 is 9.59 Å². The molecule has 0 saturated carbocycles. The summed E-state index contributed by atoms with van der Waals surface area (Å²) in [4.78, 5) is 28.6. The Hall–Kier alpha value is -2.28. The van der Waals surface area contributed by atoms with Crippen LogP contribution in [0.15, 0.2) is 83.3 Å². The number of nitrogens with one attached hydrogen (secondary N) is 1. The monoisotopic (exact) mass is 572 g/mol. The van der Waals surface area contributed by atoms with Gasteiger partial charge in [-0.2, -0.15) is 0 Å². The zero-order chi connectivity index (χ0) is 25.2. The Kier molecular flexibility index (Phi) is 10.7. The molecule has 184 valence electrons. The quantitative estimate of drug-likeness (QED) is 0.285. The lowest BCUT2D eigenvalue weighted by molar-refractivity contribution is -0.139. The number of carbonyl (C=O) groups excluding carboxylic acids is 2. The van der Waals surface area contributed by atoms with Gasteiger partial charge in [0, 0.05) is 34.3 Å². The van der Waals surface area contributed by atoms with E-state index in [1.54, 1.807) is 16.7 Å². The van der Waals surface area contributed by atoms with E-state index in [1.807, 2.05) is 92.7 Å². The molecule has 4 nitrogen and oxygen atoms in total. The second kappa shape index (κ2) is 13.7. The van der Waals surface area contributed by atoms with Crippen molar-refractivity contribution in [1.29, 1.82) is 0 Å². The molecule has 0 unspecified atom stereocenters. The van der Waals surface area contributed by atoms with Gasteiger partial charge in [-0.15, -0.1) is 11.8 Å². The van der Waals surface area contributed by atoms with Crippen LogP contribution in [0, 0.1) is 0 Å². The molecule has 2 amide bonds. The molecule has 35 heavy (non-hydrogen) atoms. The summed E-state index contributed by atoms with van der Waals surface area (Å²) in [6.45, 7) is 4.19. The molecule has 0 radical (unpaired) electrons. The molecular weight excluding hydrogens is 544 g/mol. The van der Waals surface area contributed by atoms with Crippen LogP contribution in [0.4, 0.5) is 0 Å². The van der Waals surface area contributed by atoms with Gasteiger partial charge in [-0.3, -0.25) is 9.59 Å². The SMILES string of the molecule is CC(C)NC(=O)[C@@H](Cc1ccccc1)N(Cc1ccc(Cl)cc1)C(=O)CSCc1ccc(Br)cc1. The Morgan fingerprint density at radius 2 is 1.54 bits per heavy atom. The molecule has 1 N–H and O–H groups in total. The third-order valence-corrected chi connectivity index (χ3v) is 7.14. The highest BCUT2D eigenvalue weighted by atomic mass is 79.9. The summed E-state index contributed by atoms with van der Waals surface area (Å²) in [7, 11) is 0. The molecular formula is C28H30BrClN2O2S. The first-order valence-electron chi connectivity index (χ1n) is 11.5. The van der Waals surface area contributed by atoms with Crippen LogP contribution in [-0.4, -0.2) is 34.6 Å². The first-order valence-corrected chi connectivity index (χ1v) is 13.8. The summed E-state index contributed by atoms with van der Waals surface area (Å²) in [6, 6.07) is 24.7. The number of amides is 2. The average Bonchev–Trinajstić information content (AvgIpc) is 2.84. The minimum Gasteiger partial charge on any atom is -0.352 e. The largest absolute Gasteiger partial charge is 0.352 e. The van der Waals surface area contributed by atoms with Crippen molar-refractivity contribution in [3.05, 3.63) is 105 Å². The molecule has 0 aliphatic heterocycles. The Morgan fingerprint density at radius 3 is 2.17 bits per heavy atom. The van der Waals surface area contributed by atoms with E-state index in [-0.39, 0.29) is 23.6 Å². The Labute approximate surface area is 225 Å². The van der Waals surface area contributed by atoms with E-state index in [0.29, 0.717) is 18.0 Å². The summed E-state index contributed by atoms with van der Waals surface area (Å²) < 4.78 is 1.02. The van der Waals surface area contributed by atoms with Gasteiger partial charge in [-0.25, -0.2) is 0 Å². The number of benzene rings is 3. The van der Waals surface area contributed by atoms with Gasteiger partial charge in [0.2, 0.25) is 11.8 Å². The average molecular weight is 574 g/mol. The minimum absolute atomic E-state index is 0.0277. The van der Waals surface area contributed by atoms with Gasteiger partial charge in [0.1, 0.15) is 6.04 Å². The van der Waals surface area contributed by atoms with Crippen molar-refractivity contribution in [2.24, 2.45) is 0 Å². The molecule has 3 aromatic carbocycles. The molecule has 0 aliphatic rings.